The maximum Gasteiger partial charge on any atom is 0.264 e. The Bertz CT molecular complexity index is 1540. The van der Waals surface area contributed by atoms with Gasteiger partial charge in [0.25, 0.3) is 5.91 Å². The highest BCUT2D eigenvalue weighted by molar-refractivity contribution is 6.71. The Balaban J connectivity index is 1.25. The summed E-state index contributed by atoms with van der Waals surface area (Å²) in [5.74, 6) is -0.431. The van der Waals surface area contributed by atoms with E-state index >= 15 is 0 Å². The van der Waals surface area contributed by atoms with Gasteiger partial charge in [-0.25, -0.2) is 0 Å². The fraction of sp³-hybridized carbons (Fsp3) is 0.515. The highest BCUT2D eigenvalue weighted by Gasteiger charge is 2.66. The molecular weight excluding hydrogens is 588 g/mol. The fourth-order valence-corrected chi connectivity index (χ4v) is 10.2. The molecule has 45 heavy (non-hydrogen) atoms. The first-order valence-electron chi connectivity index (χ1n) is 16.0. The summed E-state index contributed by atoms with van der Waals surface area (Å²) in [4.78, 5) is 40.9. The van der Waals surface area contributed by atoms with Crippen molar-refractivity contribution in [2.45, 2.75) is 76.0 Å². The Hall–Kier alpha value is -3.42. The van der Waals surface area contributed by atoms with Crippen LogP contribution in [0.2, 0.25) is 18.6 Å². The second-order valence-corrected chi connectivity index (χ2v) is 17.2. The predicted octanol–water partition coefficient (Wildman–Crippen LogP) is 3.19. The SMILES string of the molecule is C[C@H]1[C@H]([Si](C)(C)O)[C@@H](CCn2cc(CCO)nn2)O[C@]12C(=O)N(Cc1cccc(NC(=O)C3CCCNC3)c1)c1ccccc12. The second kappa shape index (κ2) is 12.8. The molecule has 0 radical (unpaired) electrons. The maximum absolute atomic E-state index is 14.6. The van der Waals surface area contributed by atoms with E-state index in [4.69, 9.17) is 4.74 Å². The van der Waals surface area contributed by atoms with Crippen LogP contribution in [0, 0.1) is 11.8 Å². The molecule has 0 bridgehead atoms. The predicted molar refractivity (Wildman–Crippen MR) is 173 cm³/mol. The van der Waals surface area contributed by atoms with Gasteiger partial charge < -0.3 is 30.2 Å². The third kappa shape index (κ3) is 6.09. The molecule has 12 heteroatoms. The van der Waals surface area contributed by atoms with Crippen molar-refractivity contribution >= 4 is 31.5 Å². The number of fused-ring (bicyclic) bond motifs is 2. The zero-order valence-electron chi connectivity index (χ0n) is 26.3. The van der Waals surface area contributed by atoms with Gasteiger partial charge in [-0.1, -0.05) is 42.5 Å². The van der Waals surface area contributed by atoms with Gasteiger partial charge in [0.2, 0.25) is 5.91 Å². The number of carbonyl (C=O) groups is 2. The van der Waals surface area contributed by atoms with Crippen LogP contribution in [0.3, 0.4) is 0 Å². The summed E-state index contributed by atoms with van der Waals surface area (Å²) in [6.45, 7) is 8.36. The van der Waals surface area contributed by atoms with E-state index in [1.54, 1.807) is 9.58 Å². The Morgan fingerprint density at radius 3 is 2.80 bits per heavy atom. The molecule has 3 aliphatic heterocycles. The molecule has 6 rings (SSSR count). The number of piperidine rings is 1. The lowest BCUT2D eigenvalue weighted by atomic mass is 9.82. The number of carbonyl (C=O) groups excluding carboxylic acids is 2. The van der Waals surface area contributed by atoms with Crippen LogP contribution in [-0.2, 0) is 39.4 Å². The molecule has 11 nitrogen and oxygen atoms in total. The van der Waals surface area contributed by atoms with Gasteiger partial charge in [0.1, 0.15) is 0 Å². The molecule has 4 N–H and O–H groups in total. The number of nitrogens with one attached hydrogen (secondary N) is 2. The number of amides is 2. The van der Waals surface area contributed by atoms with E-state index in [1.807, 2.05) is 74.7 Å². The number of aliphatic hydroxyl groups excluding tert-OH is 1. The van der Waals surface area contributed by atoms with E-state index in [1.165, 1.54) is 0 Å². The lowest BCUT2D eigenvalue weighted by Gasteiger charge is -2.32. The number of nitrogens with zero attached hydrogens (tertiary/aromatic N) is 4. The van der Waals surface area contributed by atoms with Crippen molar-refractivity contribution in [1.29, 1.82) is 0 Å². The minimum absolute atomic E-state index is 0.00592. The Kier molecular flexibility index (Phi) is 8.95. The van der Waals surface area contributed by atoms with E-state index in [-0.39, 0.29) is 41.9 Å². The first kappa shape index (κ1) is 31.6. The van der Waals surface area contributed by atoms with Crippen LogP contribution < -0.4 is 15.5 Å². The average Bonchev–Trinajstić information content (AvgIpc) is 3.67. The quantitative estimate of drug-likeness (QED) is 0.250. The molecular formula is C33H44N6O5Si. The summed E-state index contributed by atoms with van der Waals surface area (Å²) in [7, 11) is -2.79. The summed E-state index contributed by atoms with van der Waals surface area (Å²) >= 11 is 0. The van der Waals surface area contributed by atoms with Crippen LogP contribution in [-0.4, -0.2) is 70.8 Å². The summed E-state index contributed by atoms with van der Waals surface area (Å²) in [6, 6.07) is 15.5. The zero-order valence-corrected chi connectivity index (χ0v) is 27.3. The summed E-state index contributed by atoms with van der Waals surface area (Å²) in [5.41, 5.74) is 2.55. The number of rotatable bonds is 10. The molecule has 4 heterocycles. The first-order valence-corrected chi connectivity index (χ1v) is 19.1. The van der Waals surface area contributed by atoms with Crippen molar-refractivity contribution in [2.75, 3.05) is 29.9 Å². The highest BCUT2D eigenvalue weighted by atomic mass is 28.4. The summed E-state index contributed by atoms with van der Waals surface area (Å²) in [6.07, 6.45) is 4.32. The van der Waals surface area contributed by atoms with Crippen LogP contribution in [0.5, 0.6) is 0 Å². The lowest BCUT2D eigenvalue weighted by molar-refractivity contribution is -0.146. The molecule has 5 atom stereocenters. The standard InChI is InChI=1S/C33H44N6O5Si/c1-22-30(45(2,3)43)29(13-16-38-21-26(14-17-40)36-37-38)44-33(22)27-11-4-5-12-28(27)39(32(33)42)20-23-8-6-10-25(18-23)35-31(41)24-9-7-15-34-19-24/h4-6,8,10-12,18,21-22,24,29-30,34,40,43H,7,9,13-17,19-20H2,1-3H3,(H,35,41)/t22-,24?,29+,30-,33+/m0/s1. The number of hydrogen-bond acceptors (Lipinski definition) is 8. The van der Waals surface area contributed by atoms with Crippen molar-refractivity contribution in [3.8, 4) is 0 Å². The van der Waals surface area contributed by atoms with Crippen molar-refractivity contribution in [3.05, 3.63) is 71.5 Å². The molecule has 240 valence electrons. The van der Waals surface area contributed by atoms with Gasteiger partial charge in [0.05, 0.1) is 29.9 Å². The first-order chi connectivity index (χ1) is 21.6. The third-order valence-corrected chi connectivity index (χ3v) is 12.2. The van der Waals surface area contributed by atoms with Crippen LogP contribution in [0.15, 0.2) is 54.7 Å². The minimum Gasteiger partial charge on any atom is -0.432 e. The van der Waals surface area contributed by atoms with Crippen molar-refractivity contribution in [1.82, 2.24) is 20.3 Å². The molecule has 3 aliphatic rings. The topological polar surface area (TPSA) is 142 Å². The monoisotopic (exact) mass is 632 g/mol. The minimum atomic E-state index is -2.79. The van der Waals surface area contributed by atoms with E-state index in [9.17, 15) is 19.5 Å². The number of hydrogen-bond donors (Lipinski definition) is 4. The van der Waals surface area contributed by atoms with Gasteiger partial charge in [-0.15, -0.1) is 5.10 Å². The number of aliphatic hydroxyl groups is 1. The van der Waals surface area contributed by atoms with E-state index in [0.717, 1.165) is 36.2 Å². The molecule has 1 unspecified atom stereocenters. The van der Waals surface area contributed by atoms with E-state index < -0.39 is 13.9 Å². The number of benzene rings is 2. The van der Waals surface area contributed by atoms with Crippen LogP contribution >= 0.6 is 0 Å². The van der Waals surface area contributed by atoms with Crippen LogP contribution in [0.4, 0.5) is 11.4 Å². The lowest BCUT2D eigenvalue weighted by Crippen LogP contribution is -2.46. The molecule has 2 saturated heterocycles. The summed E-state index contributed by atoms with van der Waals surface area (Å²) < 4.78 is 8.64. The largest absolute Gasteiger partial charge is 0.432 e. The number of anilines is 2. The highest BCUT2D eigenvalue weighted by Crippen LogP contribution is 2.59. The molecule has 3 aromatic rings. The normalized spacial score (nSPS) is 26.4. The van der Waals surface area contributed by atoms with Gasteiger partial charge in [0.15, 0.2) is 13.9 Å². The molecule has 2 fully saturated rings. The molecule has 0 aliphatic carbocycles. The third-order valence-electron chi connectivity index (χ3n) is 9.69. The van der Waals surface area contributed by atoms with Gasteiger partial charge in [-0.2, -0.15) is 0 Å². The fourth-order valence-electron chi connectivity index (χ4n) is 7.64. The molecule has 2 amide bonds. The van der Waals surface area contributed by atoms with Crippen LogP contribution in [0.1, 0.15) is 43.0 Å². The number of ether oxygens (including phenoxy) is 1. The van der Waals surface area contributed by atoms with Gasteiger partial charge >= 0.3 is 0 Å². The van der Waals surface area contributed by atoms with Gasteiger partial charge in [-0.05, 0) is 62.7 Å². The Labute approximate surface area is 265 Å². The van der Waals surface area contributed by atoms with Crippen molar-refractivity contribution in [3.63, 3.8) is 0 Å². The van der Waals surface area contributed by atoms with E-state index in [2.05, 4.69) is 20.9 Å². The van der Waals surface area contributed by atoms with Crippen molar-refractivity contribution in [2.24, 2.45) is 11.8 Å². The van der Waals surface area contributed by atoms with Crippen molar-refractivity contribution < 1.29 is 24.2 Å². The van der Waals surface area contributed by atoms with Gasteiger partial charge in [0, 0.05) is 55.0 Å². The second-order valence-electron chi connectivity index (χ2n) is 13.2. The summed E-state index contributed by atoms with van der Waals surface area (Å²) in [5, 5.41) is 23.9. The smallest absolute Gasteiger partial charge is 0.264 e. The maximum atomic E-state index is 14.6. The molecule has 0 saturated carbocycles. The van der Waals surface area contributed by atoms with E-state index in [0.29, 0.717) is 43.9 Å². The Morgan fingerprint density at radius 2 is 2.04 bits per heavy atom. The molecule has 1 aromatic heterocycles. The van der Waals surface area contributed by atoms with Crippen LogP contribution in [0.25, 0.3) is 0 Å². The number of para-hydroxylation sites is 1. The molecule has 2 aromatic carbocycles. The zero-order chi connectivity index (χ0) is 31.8. The Morgan fingerprint density at radius 1 is 1.22 bits per heavy atom. The molecule has 1 spiro atoms. The number of aromatic nitrogens is 3. The van der Waals surface area contributed by atoms with Gasteiger partial charge in [-0.3, -0.25) is 14.3 Å². The average molecular weight is 633 g/mol. The number of aryl methyl sites for hydroxylation is 1.